The number of likely N-dealkylation sites (tertiary alicyclic amines) is 1. The zero-order chi connectivity index (χ0) is 17.8. The van der Waals surface area contributed by atoms with Crippen LogP contribution in [0, 0.1) is 5.92 Å². The number of rotatable bonds is 5. The molecule has 4 heteroatoms. The molecule has 1 unspecified atom stereocenters. The van der Waals surface area contributed by atoms with Crippen molar-refractivity contribution in [1.29, 1.82) is 0 Å². The maximum absolute atomic E-state index is 11.3. The van der Waals surface area contributed by atoms with E-state index in [2.05, 4.69) is 70.2 Å². The van der Waals surface area contributed by atoms with E-state index in [1.807, 2.05) is 6.07 Å². The molecule has 1 heterocycles. The van der Waals surface area contributed by atoms with Gasteiger partial charge < -0.3 is 5.11 Å². The normalized spacial score (nSPS) is 17.4. The van der Waals surface area contributed by atoms with Crippen LogP contribution in [0.25, 0.3) is 0 Å². The fourth-order valence-electron chi connectivity index (χ4n) is 3.62. The van der Waals surface area contributed by atoms with Gasteiger partial charge in [-0.3, -0.25) is 9.69 Å². The summed E-state index contributed by atoms with van der Waals surface area (Å²) in [6.45, 7) is 3.77. The minimum atomic E-state index is -0.663. The van der Waals surface area contributed by atoms with Crippen molar-refractivity contribution in [3.8, 4) is 0 Å². The number of halogens is 1. The van der Waals surface area contributed by atoms with Crippen molar-refractivity contribution in [3.63, 3.8) is 0 Å². The Kier molecular flexibility index (Phi) is 5.92. The number of piperidine rings is 1. The van der Waals surface area contributed by atoms with Gasteiger partial charge in [0.2, 0.25) is 0 Å². The van der Waals surface area contributed by atoms with E-state index >= 15 is 0 Å². The van der Waals surface area contributed by atoms with Gasteiger partial charge in [-0.05, 0) is 55.1 Å². The van der Waals surface area contributed by atoms with Gasteiger partial charge in [0, 0.05) is 4.47 Å². The maximum Gasteiger partial charge on any atom is 0.306 e. The zero-order valence-electron chi connectivity index (χ0n) is 14.5. The molecule has 2 aromatic carbocycles. The Labute approximate surface area is 157 Å². The number of aryl methyl sites for hydroxylation is 1. The largest absolute Gasteiger partial charge is 0.481 e. The zero-order valence-corrected chi connectivity index (χ0v) is 16.1. The van der Waals surface area contributed by atoms with E-state index in [4.69, 9.17) is 0 Å². The van der Waals surface area contributed by atoms with E-state index in [0.29, 0.717) is 12.8 Å². The quantitative estimate of drug-likeness (QED) is 0.774. The summed E-state index contributed by atoms with van der Waals surface area (Å²) in [4.78, 5) is 13.7. The van der Waals surface area contributed by atoms with Crippen molar-refractivity contribution in [2.45, 2.75) is 32.2 Å². The number of carbonyl (C=O) groups is 1. The standard InChI is InChI=1S/C21H24BrNO2/c1-2-15-7-9-16(10-8-15)20(18-5-3-4-6-19(18)22)23-13-11-17(12-14-23)21(24)25/h3-10,17,20H,2,11-14H2,1H3,(H,24,25). The summed E-state index contributed by atoms with van der Waals surface area (Å²) >= 11 is 3.70. The van der Waals surface area contributed by atoms with Crippen molar-refractivity contribution in [2.24, 2.45) is 5.92 Å². The van der Waals surface area contributed by atoms with Crippen LogP contribution in [0.4, 0.5) is 0 Å². The van der Waals surface area contributed by atoms with E-state index in [-0.39, 0.29) is 12.0 Å². The maximum atomic E-state index is 11.3. The van der Waals surface area contributed by atoms with Crippen LogP contribution >= 0.6 is 15.9 Å². The Balaban J connectivity index is 1.92. The molecule has 1 N–H and O–H groups in total. The van der Waals surface area contributed by atoms with Gasteiger partial charge in [0.25, 0.3) is 0 Å². The third-order valence-corrected chi connectivity index (χ3v) is 5.87. The summed E-state index contributed by atoms with van der Waals surface area (Å²) < 4.78 is 1.10. The molecule has 0 amide bonds. The highest BCUT2D eigenvalue weighted by Crippen LogP contribution is 2.36. The monoisotopic (exact) mass is 401 g/mol. The topological polar surface area (TPSA) is 40.5 Å². The summed E-state index contributed by atoms with van der Waals surface area (Å²) in [6.07, 6.45) is 2.46. The summed E-state index contributed by atoms with van der Waals surface area (Å²) in [5.74, 6) is -0.872. The average molecular weight is 402 g/mol. The SMILES string of the molecule is CCc1ccc(C(c2ccccc2Br)N2CCC(C(=O)O)CC2)cc1. The van der Waals surface area contributed by atoms with Gasteiger partial charge in [0.1, 0.15) is 0 Å². The summed E-state index contributed by atoms with van der Waals surface area (Å²) in [7, 11) is 0. The Morgan fingerprint density at radius 3 is 2.36 bits per heavy atom. The molecule has 2 aromatic rings. The number of nitrogens with zero attached hydrogens (tertiary/aromatic N) is 1. The van der Waals surface area contributed by atoms with Gasteiger partial charge in [0.15, 0.2) is 0 Å². The number of hydrogen-bond acceptors (Lipinski definition) is 2. The smallest absolute Gasteiger partial charge is 0.306 e. The fourth-order valence-corrected chi connectivity index (χ4v) is 4.13. The molecule has 1 atom stereocenters. The second kappa shape index (κ2) is 8.15. The van der Waals surface area contributed by atoms with Crippen LogP contribution in [0.1, 0.15) is 42.5 Å². The highest BCUT2D eigenvalue weighted by atomic mass is 79.9. The van der Waals surface area contributed by atoms with Gasteiger partial charge in [0.05, 0.1) is 12.0 Å². The van der Waals surface area contributed by atoms with E-state index < -0.39 is 5.97 Å². The van der Waals surface area contributed by atoms with Crippen LogP contribution < -0.4 is 0 Å². The van der Waals surface area contributed by atoms with Crippen molar-refractivity contribution >= 4 is 21.9 Å². The minimum absolute atomic E-state index is 0.149. The molecule has 1 aliphatic rings. The number of hydrogen-bond donors (Lipinski definition) is 1. The molecule has 3 rings (SSSR count). The number of aliphatic carboxylic acids is 1. The molecule has 0 spiro atoms. The predicted octanol–water partition coefficient (Wildman–Crippen LogP) is 4.90. The molecular formula is C21H24BrNO2. The molecule has 0 aliphatic carbocycles. The van der Waals surface area contributed by atoms with Gasteiger partial charge >= 0.3 is 5.97 Å². The first kappa shape index (κ1) is 18.2. The van der Waals surface area contributed by atoms with Gasteiger partial charge in [-0.2, -0.15) is 0 Å². The van der Waals surface area contributed by atoms with Crippen molar-refractivity contribution < 1.29 is 9.90 Å². The highest BCUT2D eigenvalue weighted by molar-refractivity contribution is 9.10. The second-order valence-corrected chi connectivity index (χ2v) is 7.52. The van der Waals surface area contributed by atoms with Gasteiger partial charge in [-0.15, -0.1) is 0 Å². The molecule has 132 valence electrons. The Bertz CT molecular complexity index is 721. The Hall–Kier alpha value is -1.65. The lowest BCUT2D eigenvalue weighted by Crippen LogP contribution is -2.39. The van der Waals surface area contributed by atoms with Crippen LogP contribution in [-0.4, -0.2) is 29.1 Å². The lowest BCUT2D eigenvalue weighted by Gasteiger charge is -2.37. The first-order valence-corrected chi connectivity index (χ1v) is 9.69. The number of carboxylic acids is 1. The summed E-state index contributed by atoms with van der Waals surface area (Å²) in [5.41, 5.74) is 3.83. The van der Waals surface area contributed by atoms with Crippen molar-refractivity contribution in [3.05, 3.63) is 69.7 Å². The minimum Gasteiger partial charge on any atom is -0.481 e. The molecule has 25 heavy (non-hydrogen) atoms. The van der Waals surface area contributed by atoms with E-state index in [1.165, 1.54) is 16.7 Å². The van der Waals surface area contributed by atoms with Crippen LogP contribution in [0.15, 0.2) is 53.0 Å². The molecule has 1 fully saturated rings. The Morgan fingerprint density at radius 1 is 1.16 bits per heavy atom. The van der Waals surface area contributed by atoms with Crippen molar-refractivity contribution in [1.82, 2.24) is 4.90 Å². The molecular weight excluding hydrogens is 378 g/mol. The number of carboxylic acid groups (broad SMARTS) is 1. The highest BCUT2D eigenvalue weighted by Gasteiger charge is 2.30. The van der Waals surface area contributed by atoms with Crippen LogP contribution in [0.3, 0.4) is 0 Å². The molecule has 0 bridgehead atoms. The average Bonchev–Trinajstić information content (AvgIpc) is 2.64. The molecule has 0 aromatic heterocycles. The van der Waals surface area contributed by atoms with Crippen molar-refractivity contribution in [2.75, 3.05) is 13.1 Å². The van der Waals surface area contributed by atoms with Crippen LogP contribution in [0.5, 0.6) is 0 Å². The van der Waals surface area contributed by atoms with Gasteiger partial charge in [-0.25, -0.2) is 0 Å². The van der Waals surface area contributed by atoms with Crippen LogP contribution in [0.2, 0.25) is 0 Å². The lowest BCUT2D eigenvalue weighted by molar-refractivity contribution is -0.143. The van der Waals surface area contributed by atoms with Gasteiger partial charge in [-0.1, -0.05) is 65.3 Å². The van der Waals surface area contributed by atoms with E-state index in [9.17, 15) is 9.90 Å². The lowest BCUT2D eigenvalue weighted by atomic mass is 9.91. The first-order valence-electron chi connectivity index (χ1n) is 8.90. The predicted molar refractivity (Wildman–Crippen MR) is 104 cm³/mol. The molecule has 1 aliphatic heterocycles. The molecule has 1 saturated heterocycles. The van der Waals surface area contributed by atoms with E-state index in [0.717, 1.165) is 24.0 Å². The third kappa shape index (κ3) is 4.13. The molecule has 0 radical (unpaired) electrons. The first-order chi connectivity index (χ1) is 12.1. The third-order valence-electron chi connectivity index (χ3n) is 5.15. The molecule has 3 nitrogen and oxygen atoms in total. The fraction of sp³-hybridized carbons (Fsp3) is 0.381. The van der Waals surface area contributed by atoms with E-state index in [1.54, 1.807) is 0 Å². The summed E-state index contributed by atoms with van der Waals surface area (Å²) in [6, 6.07) is 17.3. The number of benzene rings is 2. The summed E-state index contributed by atoms with van der Waals surface area (Å²) in [5, 5.41) is 9.27. The van der Waals surface area contributed by atoms with Crippen LogP contribution in [-0.2, 0) is 11.2 Å². The molecule has 0 saturated carbocycles. The second-order valence-electron chi connectivity index (χ2n) is 6.67. The Morgan fingerprint density at radius 2 is 1.80 bits per heavy atom.